The highest BCUT2D eigenvalue weighted by Crippen LogP contribution is 2.46. The first-order valence-electron chi connectivity index (χ1n) is 36.6. The number of para-hydroxylation sites is 8. The molecule has 0 atom stereocenters. The summed E-state index contributed by atoms with van der Waals surface area (Å²) in [6.45, 7) is 9.35. The molecule has 6 nitrogen and oxygen atoms in total. The van der Waals surface area contributed by atoms with Crippen molar-refractivity contribution >= 4 is 177 Å². The summed E-state index contributed by atoms with van der Waals surface area (Å²) in [4.78, 5) is 4.74. The highest BCUT2D eigenvalue weighted by atomic mass is 15.1. The van der Waals surface area contributed by atoms with Crippen LogP contribution in [0, 0.1) is 27.7 Å². The van der Waals surface area contributed by atoms with E-state index < -0.39 is 0 Å². The van der Waals surface area contributed by atoms with E-state index in [2.05, 4.69) is 363 Å². The molecule has 8 heteroatoms. The van der Waals surface area contributed by atoms with Crippen LogP contribution >= 0.6 is 0 Å². The number of anilines is 2. The minimum Gasteiger partial charge on any atom is -0.377 e. The Labute approximate surface area is 603 Å². The second kappa shape index (κ2) is 21.5. The van der Waals surface area contributed by atoms with Crippen LogP contribution in [0.4, 0.5) is 11.4 Å². The molecule has 0 saturated heterocycles. The van der Waals surface area contributed by atoms with Crippen LogP contribution in [0.1, 0.15) is 22.3 Å². The molecule has 490 valence electrons. The zero-order chi connectivity index (χ0) is 69.4. The Bertz CT molecular complexity index is 6210. The van der Waals surface area contributed by atoms with Gasteiger partial charge in [-0.2, -0.15) is 0 Å². The van der Waals surface area contributed by atoms with Crippen molar-refractivity contribution in [2.45, 2.75) is 27.7 Å². The third-order valence-corrected chi connectivity index (χ3v) is 24.1. The van der Waals surface area contributed by atoms with Gasteiger partial charge in [0.25, 0.3) is 0 Å². The molecule has 0 saturated carbocycles. The molecule has 2 aliphatic rings. The second-order valence-corrected chi connectivity index (χ2v) is 30.1. The van der Waals surface area contributed by atoms with E-state index in [9.17, 15) is 0 Å². The topological polar surface area (TPSA) is 26.2 Å². The Morgan fingerprint density at radius 3 is 0.635 bits per heavy atom. The molecule has 0 radical (unpaired) electrons. The number of nitrogens with zero attached hydrogens (tertiary/aromatic N) is 6. The third-order valence-electron chi connectivity index (χ3n) is 24.1. The molecule has 20 aromatic rings. The Balaban J connectivity index is 0.813. The van der Waals surface area contributed by atoms with E-state index in [0.29, 0.717) is 0 Å². The van der Waals surface area contributed by atoms with Crippen molar-refractivity contribution in [1.29, 1.82) is 0 Å². The van der Waals surface area contributed by atoms with Gasteiger partial charge in [-0.05, 0) is 181 Å². The average Bonchev–Trinajstić information content (AvgIpc) is 1.62. The summed E-state index contributed by atoms with van der Waals surface area (Å²) in [7, 11) is 8.98. The normalized spacial score (nSPS) is 12.8. The van der Waals surface area contributed by atoms with Gasteiger partial charge in [0, 0.05) is 116 Å². The summed E-state index contributed by atoms with van der Waals surface area (Å²) in [5, 5.41) is 17.8. The minimum atomic E-state index is -0.0955. The molecule has 104 heavy (non-hydrogen) atoms. The molecule has 0 amide bonds. The number of aromatic nitrogens is 4. The first-order valence-corrected chi connectivity index (χ1v) is 36.6. The summed E-state index contributed by atoms with van der Waals surface area (Å²) in [6, 6.07) is 107. The van der Waals surface area contributed by atoms with Crippen molar-refractivity contribution in [3.05, 3.63) is 301 Å². The van der Waals surface area contributed by atoms with Crippen molar-refractivity contribution in [1.82, 2.24) is 18.3 Å². The second-order valence-electron chi connectivity index (χ2n) is 30.1. The quantitative estimate of drug-likeness (QED) is 0.112. The summed E-state index contributed by atoms with van der Waals surface area (Å²) in [5.74, 6) is 0. The van der Waals surface area contributed by atoms with E-state index in [0.717, 1.165) is 0 Å². The molecule has 22 rings (SSSR count). The number of rotatable bonds is 8. The lowest BCUT2D eigenvalue weighted by Crippen LogP contribution is -2.51. The average molecular weight is 1330 g/mol. The van der Waals surface area contributed by atoms with Gasteiger partial charge in [0.15, 0.2) is 0 Å². The smallest absolute Gasteiger partial charge is 0.244 e. The number of hydrogen-bond donors (Lipinski definition) is 0. The molecule has 6 heterocycles. The van der Waals surface area contributed by atoms with Crippen molar-refractivity contribution in [3.63, 3.8) is 0 Å². The highest BCUT2D eigenvalue weighted by molar-refractivity contribution is 7.02. The van der Waals surface area contributed by atoms with Crippen LogP contribution < -0.4 is 42.6 Å². The van der Waals surface area contributed by atoms with Crippen molar-refractivity contribution in [2.24, 2.45) is 0 Å². The van der Waals surface area contributed by atoms with Gasteiger partial charge in [0.2, 0.25) is 13.4 Å². The van der Waals surface area contributed by atoms with Gasteiger partial charge in [-0.15, -0.1) is 0 Å². The Hall–Kier alpha value is -12.5. The van der Waals surface area contributed by atoms with Crippen molar-refractivity contribution < 1.29 is 0 Å². The fraction of sp³-hybridized carbons (Fsp3) is 0.0833. The molecule has 2 aliphatic heterocycles. The number of aryl methyl sites for hydroxylation is 4. The molecule has 0 unspecified atom stereocenters. The van der Waals surface area contributed by atoms with Crippen LogP contribution in [0.15, 0.2) is 279 Å². The van der Waals surface area contributed by atoms with Gasteiger partial charge in [-0.25, -0.2) is 0 Å². The molecule has 0 bridgehead atoms. The van der Waals surface area contributed by atoms with Gasteiger partial charge in [-0.1, -0.05) is 225 Å². The van der Waals surface area contributed by atoms with Crippen molar-refractivity contribution in [3.8, 4) is 45.0 Å². The predicted molar refractivity (Wildman–Crippen MR) is 448 cm³/mol. The van der Waals surface area contributed by atoms with Crippen LogP contribution in [0.5, 0.6) is 0 Å². The summed E-state index contributed by atoms with van der Waals surface area (Å²) < 4.78 is 10.0. The Morgan fingerprint density at radius 1 is 0.221 bits per heavy atom. The maximum absolute atomic E-state index is 2.57. The number of fused-ring (bicyclic) bond motifs is 18. The zero-order valence-electron chi connectivity index (χ0n) is 59.4. The molecular weight excluding hydrogens is 1260 g/mol. The maximum Gasteiger partial charge on any atom is 0.244 e. The van der Waals surface area contributed by atoms with E-state index >= 15 is 0 Å². The molecule has 0 spiro atoms. The molecular formula is C96H70B2N6. The van der Waals surface area contributed by atoms with E-state index in [1.54, 1.807) is 0 Å². The van der Waals surface area contributed by atoms with Crippen LogP contribution in [0.25, 0.3) is 165 Å². The molecule has 16 aromatic carbocycles. The minimum absolute atomic E-state index is 0.0955. The standard InChI is InChI=1S/C96H70B2N6/c1-55-45-59(101-81-33-17-9-25-63(81)64-26-10-18-34-82(64)101)49-75-76-50-60(102-83-35-19-11-27-65(83)66-28-12-20-36-84(66)102)46-56(2)94(76)97(93(55)75)79-53-89(99(5)6)73-44-42-72-80(54-90(100(7)8)74-43-41-71(79)91(73)92(72)74)98-95-57(3)47-61(103-85-37-21-13-29-67(85)68-30-14-22-38-86(68)103)51-77(95)78-52-62(48-58(4)96(78)98)104-87-39-23-15-31-69(87)70-32-16-24-40-88(70)104/h9-54H,1-8H3. The van der Waals surface area contributed by atoms with Gasteiger partial charge >= 0.3 is 0 Å². The van der Waals surface area contributed by atoms with E-state index in [1.807, 2.05) is 0 Å². The largest absolute Gasteiger partial charge is 0.377 e. The number of hydrogen-bond acceptors (Lipinski definition) is 2. The molecule has 0 fully saturated rings. The summed E-state index contributed by atoms with van der Waals surface area (Å²) >= 11 is 0. The highest BCUT2D eigenvalue weighted by Gasteiger charge is 2.42. The third kappa shape index (κ3) is 7.92. The zero-order valence-corrected chi connectivity index (χ0v) is 59.4. The summed E-state index contributed by atoms with van der Waals surface area (Å²) in [5.41, 5.74) is 35.2. The van der Waals surface area contributed by atoms with E-state index in [4.69, 9.17) is 0 Å². The lowest BCUT2D eigenvalue weighted by molar-refractivity contribution is 1.14. The summed E-state index contributed by atoms with van der Waals surface area (Å²) in [6.07, 6.45) is 0. The fourth-order valence-electron chi connectivity index (χ4n) is 20.0. The van der Waals surface area contributed by atoms with Gasteiger partial charge in [0.05, 0.1) is 44.1 Å². The number of benzene rings is 16. The van der Waals surface area contributed by atoms with Crippen LogP contribution in [-0.4, -0.2) is 59.9 Å². The van der Waals surface area contributed by atoms with Crippen LogP contribution in [0.3, 0.4) is 0 Å². The lowest BCUT2D eigenvalue weighted by Gasteiger charge is -2.28. The molecule has 0 aliphatic carbocycles. The predicted octanol–water partition coefficient (Wildman–Crippen LogP) is 19.3. The van der Waals surface area contributed by atoms with Crippen molar-refractivity contribution in [2.75, 3.05) is 38.0 Å². The van der Waals surface area contributed by atoms with Gasteiger partial charge in [0.1, 0.15) is 0 Å². The molecule has 0 N–H and O–H groups in total. The lowest BCUT2D eigenvalue weighted by atomic mass is 9.36. The monoisotopic (exact) mass is 1330 g/mol. The first-order chi connectivity index (χ1) is 50.9. The Kier molecular flexibility index (Phi) is 12.3. The van der Waals surface area contributed by atoms with Crippen LogP contribution in [-0.2, 0) is 0 Å². The fourth-order valence-corrected chi connectivity index (χ4v) is 20.0. The maximum atomic E-state index is 2.57. The van der Waals surface area contributed by atoms with Crippen LogP contribution in [0.2, 0.25) is 0 Å². The van der Waals surface area contributed by atoms with E-state index in [-0.39, 0.29) is 13.4 Å². The first kappa shape index (κ1) is 59.2. The van der Waals surface area contributed by atoms with E-state index in [1.165, 1.54) is 231 Å². The SMILES string of the molecule is Cc1cc(-n2c3ccccc3c3ccccc32)cc2c1B(c1cc(N(C)C)c3ccc4c(B5c6c(C)cc(-n7c8ccccc8c8ccccc87)cc6-c6cc(-n7c8ccccc8c8ccccc87)cc(C)c65)cc(N(C)C)c5ccc1c3c45)c1c(C)cc(-n3c4ccccc4c4ccccc43)cc1-2. The Morgan fingerprint density at radius 2 is 0.423 bits per heavy atom. The van der Waals surface area contributed by atoms with Gasteiger partial charge < -0.3 is 28.1 Å². The van der Waals surface area contributed by atoms with Gasteiger partial charge in [-0.3, -0.25) is 0 Å². The molecule has 4 aromatic heterocycles.